The van der Waals surface area contributed by atoms with Crippen molar-refractivity contribution < 1.29 is 38.4 Å². The molecule has 2 aromatic carbocycles. The van der Waals surface area contributed by atoms with E-state index < -0.39 is 57.7 Å². The molecular formula is C16H11Br2F7N2O3S. The van der Waals surface area contributed by atoms with Crippen molar-refractivity contribution in [2.75, 3.05) is 10.6 Å². The van der Waals surface area contributed by atoms with Gasteiger partial charge in [0.2, 0.25) is 9.84 Å². The summed E-state index contributed by atoms with van der Waals surface area (Å²) < 4.78 is 97.3. The molecule has 2 rings (SSSR count). The number of rotatable bonds is 7. The fraction of sp³-hybridized carbons (Fsp3) is 0.188. The van der Waals surface area contributed by atoms with Gasteiger partial charge in [0.1, 0.15) is 4.90 Å². The van der Waals surface area contributed by atoms with E-state index in [2.05, 4.69) is 15.9 Å². The maximum Gasteiger partial charge on any atom is 0.401 e. The number of benzene rings is 2. The van der Waals surface area contributed by atoms with Crippen LogP contribution >= 0.6 is 41.7 Å². The van der Waals surface area contributed by atoms with Gasteiger partial charge in [0.25, 0.3) is 16.2 Å². The predicted octanol–water partition coefficient (Wildman–Crippen LogP) is 7.67. The van der Waals surface area contributed by atoms with Gasteiger partial charge < -0.3 is 5.32 Å². The van der Waals surface area contributed by atoms with Gasteiger partial charge in [0, 0.05) is 17.7 Å². The minimum absolute atomic E-state index is 0.0597. The standard InChI is InChI=1S/C16H11Br2F7N2O3S/c17-9-15(18,19)16(20,21)31(22,23,24,25)13-7-2-1-6-12(13)26-14(28)10-4-3-5-11(8-10)27(29)30/h1-8H,9H2,(H,26,28). The summed E-state index contributed by atoms with van der Waals surface area (Å²) in [6.07, 6.45) is 0. The third kappa shape index (κ3) is 4.14. The molecule has 1 atom stereocenters. The minimum Gasteiger partial charge on any atom is -0.321 e. The zero-order valence-electron chi connectivity index (χ0n) is 14.8. The van der Waals surface area contributed by atoms with Gasteiger partial charge in [-0.15, -0.1) is 15.5 Å². The van der Waals surface area contributed by atoms with Gasteiger partial charge in [-0.05, 0) is 34.1 Å². The summed E-state index contributed by atoms with van der Waals surface area (Å²) in [5, 5.41) is 4.25. The number of nitro benzene ring substituents is 1. The Morgan fingerprint density at radius 1 is 1.06 bits per heavy atom. The minimum atomic E-state index is -10.8. The van der Waals surface area contributed by atoms with Gasteiger partial charge in [-0.2, -0.15) is 8.78 Å². The van der Waals surface area contributed by atoms with Gasteiger partial charge in [-0.25, -0.2) is 4.39 Å². The summed E-state index contributed by atoms with van der Waals surface area (Å²) in [6, 6.07) is 5.66. The Labute approximate surface area is 186 Å². The second-order valence-corrected chi connectivity index (χ2v) is 11.1. The molecule has 0 saturated carbocycles. The molecule has 5 nitrogen and oxygen atoms in total. The van der Waals surface area contributed by atoms with E-state index in [-0.39, 0.29) is 6.07 Å². The number of hydrogen-bond acceptors (Lipinski definition) is 3. The zero-order valence-corrected chi connectivity index (χ0v) is 18.8. The third-order valence-electron chi connectivity index (χ3n) is 4.01. The Morgan fingerprint density at radius 3 is 2.19 bits per heavy atom. The van der Waals surface area contributed by atoms with Crippen LogP contribution in [0.15, 0.2) is 53.4 Å². The molecule has 0 bridgehead atoms. The molecule has 0 radical (unpaired) electrons. The van der Waals surface area contributed by atoms with Crippen LogP contribution in [0.1, 0.15) is 10.4 Å². The van der Waals surface area contributed by atoms with Crippen molar-refractivity contribution in [3.8, 4) is 0 Å². The Kier molecular flexibility index (Phi) is 6.01. The number of alkyl halides is 5. The zero-order chi connectivity index (χ0) is 23.9. The number of halogens is 9. The van der Waals surface area contributed by atoms with Crippen molar-refractivity contribution in [3.63, 3.8) is 0 Å². The normalized spacial score (nSPS) is 16.5. The van der Waals surface area contributed by atoms with Crippen molar-refractivity contribution in [1.29, 1.82) is 0 Å². The molecule has 0 spiro atoms. The molecule has 15 heteroatoms. The molecule has 0 saturated heterocycles. The molecule has 0 aromatic heterocycles. The molecule has 0 aliphatic rings. The largest absolute Gasteiger partial charge is 0.401 e. The van der Waals surface area contributed by atoms with Crippen molar-refractivity contribution >= 4 is 59.0 Å². The fourth-order valence-corrected chi connectivity index (χ4v) is 5.78. The summed E-state index contributed by atoms with van der Waals surface area (Å²) >= 11 is 3.75. The van der Waals surface area contributed by atoms with E-state index in [1.807, 2.05) is 0 Å². The molecule has 0 fully saturated rings. The number of carbonyl (C=O) groups is 1. The average Bonchev–Trinajstić information content (AvgIpc) is 2.67. The summed E-state index contributed by atoms with van der Waals surface area (Å²) in [4.78, 5) is 19.6. The lowest BCUT2D eigenvalue weighted by Crippen LogP contribution is -2.51. The van der Waals surface area contributed by atoms with Crippen molar-refractivity contribution in [1.82, 2.24) is 0 Å². The molecule has 1 N–H and O–H groups in total. The highest BCUT2D eigenvalue weighted by Crippen LogP contribution is 3.08. The summed E-state index contributed by atoms with van der Waals surface area (Å²) in [7, 11) is -10.8. The molecule has 0 aliphatic carbocycles. The third-order valence-corrected chi connectivity index (χ3v) is 9.17. The average molecular weight is 604 g/mol. The Hall–Kier alpha value is -1.87. The predicted molar refractivity (Wildman–Crippen MR) is 109 cm³/mol. The Balaban J connectivity index is 2.64. The van der Waals surface area contributed by atoms with Gasteiger partial charge in [0.15, 0.2) is 0 Å². The van der Waals surface area contributed by atoms with E-state index in [9.17, 15) is 43.6 Å². The first-order valence-corrected chi connectivity index (χ1v) is 11.8. The first kappa shape index (κ1) is 25.4. The lowest BCUT2D eigenvalue weighted by atomic mass is 10.2. The number of nitrogens with one attached hydrogen (secondary N) is 1. The van der Waals surface area contributed by atoms with Crippen LogP contribution in [-0.4, -0.2) is 26.0 Å². The van der Waals surface area contributed by atoms with E-state index in [4.69, 9.17) is 0 Å². The smallest absolute Gasteiger partial charge is 0.321 e. The number of nitrogens with zero attached hydrogens (tertiary/aromatic N) is 1. The SMILES string of the molecule is O=C(Nc1ccccc1S(F)(F)(F)(F)C(F)(F)C(F)(Br)CBr)c1cccc([N+](=O)[O-])c1. The van der Waals surface area contributed by atoms with E-state index in [1.165, 1.54) is 0 Å². The van der Waals surface area contributed by atoms with Crippen molar-refractivity contribution in [2.45, 2.75) is 14.7 Å². The van der Waals surface area contributed by atoms with Crippen LogP contribution in [-0.2, 0) is 0 Å². The maximum absolute atomic E-state index is 14.8. The maximum atomic E-state index is 14.8. The molecular weight excluding hydrogens is 593 g/mol. The van der Waals surface area contributed by atoms with Crippen molar-refractivity contribution in [2.24, 2.45) is 0 Å². The molecule has 1 amide bonds. The highest BCUT2D eigenvalue weighted by Gasteiger charge is 2.89. The second kappa shape index (κ2) is 7.33. The summed E-state index contributed by atoms with van der Waals surface area (Å²) in [5.74, 6) is -1.38. The van der Waals surface area contributed by atoms with E-state index in [0.29, 0.717) is 18.2 Å². The highest BCUT2D eigenvalue weighted by atomic mass is 79.9. The number of para-hydroxylation sites is 1. The van der Waals surface area contributed by atoms with Crippen LogP contribution in [0.3, 0.4) is 0 Å². The van der Waals surface area contributed by atoms with Crippen LogP contribution in [0.4, 0.5) is 40.1 Å². The van der Waals surface area contributed by atoms with Crippen LogP contribution in [0.25, 0.3) is 0 Å². The first-order valence-electron chi connectivity index (χ1n) is 7.84. The number of anilines is 1. The number of amides is 1. The molecule has 172 valence electrons. The number of carbonyl (C=O) groups excluding carboxylic acids is 1. The summed E-state index contributed by atoms with van der Waals surface area (Å²) in [6.45, 7) is 0. The second-order valence-electron chi connectivity index (χ2n) is 6.18. The number of non-ortho nitro benzene ring substituents is 1. The quantitative estimate of drug-likeness (QED) is 0.153. The molecule has 1 unspecified atom stereocenters. The molecule has 0 heterocycles. The monoisotopic (exact) mass is 602 g/mol. The Morgan fingerprint density at radius 2 is 1.65 bits per heavy atom. The molecule has 0 aliphatic heterocycles. The topological polar surface area (TPSA) is 72.2 Å². The van der Waals surface area contributed by atoms with E-state index in [0.717, 1.165) is 24.3 Å². The summed E-state index contributed by atoms with van der Waals surface area (Å²) in [5.41, 5.74) is -2.50. The van der Waals surface area contributed by atoms with Gasteiger partial charge in [-0.3, -0.25) is 14.9 Å². The number of hydrogen-bond donors (Lipinski definition) is 1. The van der Waals surface area contributed by atoms with Gasteiger partial charge in [-0.1, -0.05) is 34.1 Å². The molecule has 2 aromatic rings. The van der Waals surface area contributed by atoms with Crippen LogP contribution in [0.2, 0.25) is 0 Å². The highest BCUT2D eigenvalue weighted by molar-refractivity contribution is 9.12. The first-order chi connectivity index (χ1) is 13.9. The lowest BCUT2D eigenvalue weighted by Gasteiger charge is -2.56. The van der Waals surface area contributed by atoms with Gasteiger partial charge in [0.05, 0.1) is 15.9 Å². The van der Waals surface area contributed by atoms with E-state index in [1.54, 1.807) is 21.2 Å². The lowest BCUT2D eigenvalue weighted by molar-refractivity contribution is -0.384. The number of nitro groups is 1. The molecule has 31 heavy (non-hydrogen) atoms. The van der Waals surface area contributed by atoms with Crippen LogP contribution in [0, 0.1) is 10.1 Å². The van der Waals surface area contributed by atoms with Crippen LogP contribution < -0.4 is 5.32 Å². The Bertz CT molecular complexity index is 1060. The fourth-order valence-electron chi connectivity index (χ4n) is 2.40. The van der Waals surface area contributed by atoms with Crippen molar-refractivity contribution in [3.05, 3.63) is 64.2 Å². The van der Waals surface area contributed by atoms with Crippen LogP contribution in [0.5, 0.6) is 0 Å². The van der Waals surface area contributed by atoms with Gasteiger partial charge >= 0.3 is 5.25 Å². The van der Waals surface area contributed by atoms with E-state index >= 15 is 0 Å².